The summed E-state index contributed by atoms with van der Waals surface area (Å²) in [6.45, 7) is 1.78. The Morgan fingerprint density at radius 3 is 2.65 bits per heavy atom. The summed E-state index contributed by atoms with van der Waals surface area (Å²) in [5.74, 6) is 0.141. The van der Waals surface area contributed by atoms with Gasteiger partial charge >= 0.3 is 0 Å². The first-order valence-electron chi connectivity index (χ1n) is 8.23. The van der Waals surface area contributed by atoms with Crippen molar-refractivity contribution in [1.29, 1.82) is 0 Å². The molecular formula is C20H19ClN2O3. The second-order valence-electron chi connectivity index (χ2n) is 6.06. The Morgan fingerprint density at radius 1 is 1.15 bits per heavy atom. The lowest BCUT2D eigenvalue weighted by Crippen LogP contribution is -2.39. The number of hydrogen-bond acceptors (Lipinski definition) is 3. The van der Waals surface area contributed by atoms with Gasteiger partial charge in [0.15, 0.2) is 0 Å². The van der Waals surface area contributed by atoms with E-state index < -0.39 is 0 Å². The Morgan fingerprint density at radius 2 is 1.92 bits per heavy atom. The molecule has 1 aromatic heterocycles. The van der Waals surface area contributed by atoms with Crippen LogP contribution in [0.3, 0.4) is 0 Å². The van der Waals surface area contributed by atoms with Crippen molar-refractivity contribution in [3.05, 3.63) is 70.9 Å². The van der Waals surface area contributed by atoms with E-state index >= 15 is 0 Å². The maximum absolute atomic E-state index is 12.4. The lowest BCUT2D eigenvalue weighted by Gasteiger charge is -2.23. The Kier molecular flexibility index (Phi) is 5.28. The molecule has 0 aliphatic heterocycles. The zero-order valence-corrected chi connectivity index (χ0v) is 15.3. The molecule has 6 heteroatoms. The third-order valence-corrected chi connectivity index (χ3v) is 4.55. The van der Waals surface area contributed by atoms with Crippen LogP contribution in [-0.2, 0) is 4.79 Å². The molecule has 0 spiro atoms. The van der Waals surface area contributed by atoms with Crippen LogP contribution in [0, 0.1) is 0 Å². The zero-order valence-electron chi connectivity index (χ0n) is 14.5. The second kappa shape index (κ2) is 7.62. The molecule has 134 valence electrons. The Hall–Kier alpha value is -2.79. The van der Waals surface area contributed by atoms with Crippen molar-refractivity contribution in [3.63, 3.8) is 0 Å². The monoisotopic (exact) mass is 370 g/mol. The molecule has 2 amide bonds. The van der Waals surface area contributed by atoms with Gasteiger partial charge in [-0.3, -0.25) is 9.59 Å². The number of carbonyl (C=O) groups is 2. The number of fused-ring (bicyclic) bond motifs is 1. The van der Waals surface area contributed by atoms with Crippen LogP contribution in [-0.4, -0.2) is 30.3 Å². The third kappa shape index (κ3) is 3.89. The SMILES string of the molecule is CC(c1cc2ccccc2o1)N(C)C(=O)CNC(=O)c1cccc(Cl)c1. The van der Waals surface area contributed by atoms with Crippen LogP contribution in [0.4, 0.5) is 0 Å². The maximum Gasteiger partial charge on any atom is 0.251 e. The summed E-state index contributed by atoms with van der Waals surface area (Å²) in [6, 6.07) is 15.9. The van der Waals surface area contributed by atoms with Crippen LogP contribution < -0.4 is 5.32 Å². The van der Waals surface area contributed by atoms with Gasteiger partial charge < -0.3 is 14.6 Å². The van der Waals surface area contributed by atoms with E-state index in [0.717, 1.165) is 11.0 Å². The maximum atomic E-state index is 12.4. The minimum atomic E-state index is -0.342. The van der Waals surface area contributed by atoms with Gasteiger partial charge in [-0.2, -0.15) is 0 Å². The first-order valence-corrected chi connectivity index (χ1v) is 8.61. The highest BCUT2D eigenvalue weighted by atomic mass is 35.5. The number of nitrogens with one attached hydrogen (secondary N) is 1. The van der Waals surface area contributed by atoms with Crippen LogP contribution in [0.2, 0.25) is 5.02 Å². The first-order chi connectivity index (χ1) is 12.5. The average Bonchev–Trinajstić information content (AvgIpc) is 3.08. The van der Waals surface area contributed by atoms with Gasteiger partial charge in [-0.25, -0.2) is 0 Å². The second-order valence-corrected chi connectivity index (χ2v) is 6.50. The topological polar surface area (TPSA) is 62.6 Å². The Labute approximate surface area is 156 Å². The summed E-state index contributed by atoms with van der Waals surface area (Å²) in [5, 5.41) is 4.08. The predicted octanol–water partition coefficient (Wildman–Crippen LogP) is 4.04. The number of likely N-dealkylation sites (N-methyl/N-ethyl adjacent to an activating group) is 1. The van der Waals surface area contributed by atoms with Crippen molar-refractivity contribution in [2.24, 2.45) is 0 Å². The Bertz CT molecular complexity index is 918. The molecule has 0 saturated heterocycles. The molecule has 0 aliphatic carbocycles. The van der Waals surface area contributed by atoms with Gasteiger partial charge in [0, 0.05) is 23.0 Å². The standard InChI is InChI=1S/C20H19ClN2O3/c1-13(18-11-14-6-3-4-9-17(14)26-18)23(2)19(24)12-22-20(25)15-7-5-8-16(21)10-15/h3-11,13H,12H2,1-2H3,(H,22,25). The highest BCUT2D eigenvalue weighted by molar-refractivity contribution is 6.30. The fourth-order valence-corrected chi connectivity index (χ4v) is 2.82. The fourth-order valence-electron chi connectivity index (χ4n) is 2.63. The highest BCUT2D eigenvalue weighted by Gasteiger charge is 2.21. The summed E-state index contributed by atoms with van der Waals surface area (Å²) in [6.07, 6.45) is 0. The minimum absolute atomic E-state index is 0.105. The van der Waals surface area contributed by atoms with E-state index in [9.17, 15) is 9.59 Å². The normalized spacial score (nSPS) is 12.0. The number of benzene rings is 2. The van der Waals surface area contributed by atoms with Crippen molar-refractivity contribution in [1.82, 2.24) is 10.2 Å². The van der Waals surface area contributed by atoms with Gasteiger partial charge in [0.2, 0.25) is 5.91 Å². The van der Waals surface area contributed by atoms with Crippen LogP contribution in [0.15, 0.2) is 59.0 Å². The van der Waals surface area contributed by atoms with Gasteiger partial charge in [-0.05, 0) is 37.3 Å². The number of rotatable bonds is 5. The molecule has 0 bridgehead atoms. The fraction of sp³-hybridized carbons (Fsp3) is 0.200. The number of nitrogens with zero attached hydrogens (tertiary/aromatic N) is 1. The van der Waals surface area contributed by atoms with Crippen LogP contribution >= 0.6 is 11.6 Å². The van der Waals surface area contributed by atoms with E-state index in [2.05, 4.69) is 5.32 Å². The number of hydrogen-bond donors (Lipinski definition) is 1. The van der Waals surface area contributed by atoms with Crippen molar-refractivity contribution in [2.45, 2.75) is 13.0 Å². The van der Waals surface area contributed by atoms with Crippen molar-refractivity contribution in [2.75, 3.05) is 13.6 Å². The van der Waals surface area contributed by atoms with Crippen LogP contribution in [0.5, 0.6) is 0 Å². The molecule has 3 aromatic rings. The average molecular weight is 371 g/mol. The number of halogens is 1. The summed E-state index contributed by atoms with van der Waals surface area (Å²) in [7, 11) is 1.69. The van der Waals surface area contributed by atoms with Crippen LogP contribution in [0.25, 0.3) is 11.0 Å². The predicted molar refractivity (Wildman–Crippen MR) is 101 cm³/mol. The van der Waals surface area contributed by atoms with Crippen molar-refractivity contribution in [3.8, 4) is 0 Å². The molecule has 0 fully saturated rings. The summed E-state index contributed by atoms with van der Waals surface area (Å²) < 4.78 is 5.81. The van der Waals surface area contributed by atoms with E-state index in [1.807, 2.05) is 37.3 Å². The van der Waals surface area contributed by atoms with E-state index in [-0.39, 0.29) is 24.4 Å². The molecule has 3 rings (SSSR count). The lowest BCUT2D eigenvalue weighted by molar-refractivity contribution is -0.131. The lowest BCUT2D eigenvalue weighted by atomic mass is 10.2. The summed E-state index contributed by atoms with van der Waals surface area (Å²) in [4.78, 5) is 26.1. The Balaban J connectivity index is 1.62. The van der Waals surface area contributed by atoms with Gasteiger partial charge in [-0.15, -0.1) is 0 Å². The molecule has 5 nitrogen and oxygen atoms in total. The van der Waals surface area contributed by atoms with Gasteiger partial charge in [0.05, 0.1) is 12.6 Å². The van der Waals surface area contributed by atoms with Crippen LogP contribution in [0.1, 0.15) is 29.1 Å². The molecule has 1 atom stereocenters. The molecule has 1 N–H and O–H groups in total. The van der Waals surface area contributed by atoms with E-state index in [1.54, 1.807) is 36.2 Å². The molecule has 1 unspecified atom stereocenters. The number of furan rings is 1. The van der Waals surface area contributed by atoms with Gasteiger partial charge in [-0.1, -0.05) is 35.9 Å². The largest absolute Gasteiger partial charge is 0.459 e. The number of para-hydroxylation sites is 1. The minimum Gasteiger partial charge on any atom is -0.459 e. The molecule has 1 heterocycles. The third-order valence-electron chi connectivity index (χ3n) is 4.32. The highest BCUT2D eigenvalue weighted by Crippen LogP contribution is 2.26. The molecule has 2 aromatic carbocycles. The van der Waals surface area contributed by atoms with Crippen molar-refractivity contribution < 1.29 is 14.0 Å². The molecule has 26 heavy (non-hydrogen) atoms. The summed E-state index contributed by atoms with van der Waals surface area (Å²) >= 11 is 5.88. The van der Waals surface area contributed by atoms with E-state index in [1.165, 1.54) is 0 Å². The smallest absolute Gasteiger partial charge is 0.251 e. The first kappa shape index (κ1) is 18.0. The molecular weight excluding hydrogens is 352 g/mol. The number of amides is 2. The molecule has 0 saturated carbocycles. The van der Waals surface area contributed by atoms with Gasteiger partial charge in [0.1, 0.15) is 11.3 Å². The molecule has 0 aliphatic rings. The van der Waals surface area contributed by atoms with Gasteiger partial charge in [0.25, 0.3) is 5.91 Å². The number of carbonyl (C=O) groups excluding carboxylic acids is 2. The van der Waals surface area contributed by atoms with E-state index in [4.69, 9.17) is 16.0 Å². The quantitative estimate of drug-likeness (QED) is 0.737. The van der Waals surface area contributed by atoms with E-state index in [0.29, 0.717) is 16.3 Å². The molecule has 0 radical (unpaired) electrons. The summed E-state index contributed by atoms with van der Waals surface area (Å²) in [5.41, 5.74) is 1.20. The zero-order chi connectivity index (χ0) is 18.7. The van der Waals surface area contributed by atoms with Crippen molar-refractivity contribution >= 4 is 34.4 Å².